The molecule has 2 fully saturated rings. The second-order valence-electron chi connectivity index (χ2n) is 8.35. The highest BCUT2D eigenvalue weighted by molar-refractivity contribution is 5.77. The van der Waals surface area contributed by atoms with E-state index < -0.39 is 0 Å². The Balaban J connectivity index is 1.63. The number of likely N-dealkylation sites (N-methyl/N-ethyl adjacent to an activating group) is 1. The van der Waals surface area contributed by atoms with Gasteiger partial charge in [-0.3, -0.25) is 0 Å². The van der Waals surface area contributed by atoms with E-state index in [4.69, 9.17) is 0 Å². The minimum absolute atomic E-state index is 0.0524. The number of hydrogen-bond donors (Lipinski definition) is 1. The van der Waals surface area contributed by atoms with Crippen LogP contribution in [0.25, 0.3) is 0 Å². The lowest BCUT2D eigenvalue weighted by Crippen LogP contribution is -2.51. The fourth-order valence-electron chi connectivity index (χ4n) is 4.86. The smallest absolute Gasteiger partial charge is 0.318 e. The molecular formula is C23H28FN3O. The zero-order valence-electron chi connectivity index (χ0n) is 16.5. The third-order valence-corrected chi connectivity index (χ3v) is 6.52. The third kappa shape index (κ3) is 3.28. The van der Waals surface area contributed by atoms with E-state index in [0.29, 0.717) is 6.54 Å². The molecule has 2 atom stereocenters. The molecule has 1 aromatic rings. The minimum Gasteiger partial charge on any atom is -0.333 e. The number of hydrogen-bond acceptors (Lipinski definition) is 2. The molecule has 4 rings (SSSR count). The molecule has 2 heterocycles. The van der Waals surface area contributed by atoms with Gasteiger partial charge in [0.1, 0.15) is 5.82 Å². The Morgan fingerprint density at radius 2 is 1.96 bits per heavy atom. The van der Waals surface area contributed by atoms with Gasteiger partial charge >= 0.3 is 6.03 Å². The summed E-state index contributed by atoms with van der Waals surface area (Å²) in [4.78, 5) is 17.5. The van der Waals surface area contributed by atoms with Crippen molar-refractivity contribution in [3.8, 4) is 0 Å². The zero-order chi connectivity index (χ0) is 19.9. The van der Waals surface area contributed by atoms with Crippen LogP contribution >= 0.6 is 0 Å². The fourth-order valence-corrected chi connectivity index (χ4v) is 4.86. The predicted molar refractivity (Wildman–Crippen MR) is 109 cm³/mol. The van der Waals surface area contributed by atoms with Crippen LogP contribution in [-0.2, 0) is 0 Å². The summed E-state index contributed by atoms with van der Waals surface area (Å²) in [6, 6.07) is 6.25. The van der Waals surface area contributed by atoms with Gasteiger partial charge in [0.2, 0.25) is 0 Å². The SMILES string of the molecule is C=CC1=C(C=C)[C@H](c2ccc(F)cc2)N(C(=O)N[C@@H]2CN(C)CC23CC3)CC1. The first kappa shape index (κ1) is 18.9. The summed E-state index contributed by atoms with van der Waals surface area (Å²) >= 11 is 0. The van der Waals surface area contributed by atoms with Crippen molar-refractivity contribution in [3.05, 3.63) is 72.1 Å². The van der Waals surface area contributed by atoms with E-state index in [-0.39, 0.29) is 29.3 Å². The second-order valence-corrected chi connectivity index (χ2v) is 8.35. The van der Waals surface area contributed by atoms with Gasteiger partial charge in [-0.2, -0.15) is 0 Å². The maximum atomic E-state index is 13.5. The normalized spacial score (nSPS) is 26.4. The molecule has 2 aliphatic heterocycles. The zero-order valence-corrected chi connectivity index (χ0v) is 16.5. The van der Waals surface area contributed by atoms with Crippen LogP contribution in [0.4, 0.5) is 9.18 Å². The lowest BCUT2D eigenvalue weighted by atomic mass is 9.88. The van der Waals surface area contributed by atoms with E-state index in [2.05, 4.69) is 30.4 Å². The molecule has 5 heteroatoms. The average Bonchev–Trinajstić information content (AvgIpc) is 3.40. The van der Waals surface area contributed by atoms with Gasteiger partial charge in [-0.25, -0.2) is 9.18 Å². The summed E-state index contributed by atoms with van der Waals surface area (Å²) < 4.78 is 13.5. The standard InChI is InChI=1S/C23H28FN3O/c1-4-16-10-13-27(21(19(16)5-2)17-6-8-18(24)9-7-17)22(28)25-20-14-26(3)15-23(20)11-12-23/h4-9,20-21H,1-2,10-15H2,3H3,(H,25,28)/t20-,21+/m1/s1. The molecule has 1 saturated heterocycles. The Hall–Kier alpha value is -2.40. The number of urea groups is 1. The number of nitrogens with zero attached hydrogens (tertiary/aromatic N) is 2. The van der Waals surface area contributed by atoms with Crippen molar-refractivity contribution in [2.75, 3.05) is 26.7 Å². The van der Waals surface area contributed by atoms with Gasteiger partial charge in [0, 0.05) is 25.0 Å². The number of allylic oxidation sites excluding steroid dienone is 1. The molecule has 0 aromatic heterocycles. The number of amides is 2. The fraction of sp³-hybridized carbons (Fsp3) is 0.435. The molecule has 4 nitrogen and oxygen atoms in total. The molecule has 0 unspecified atom stereocenters. The Labute approximate surface area is 166 Å². The van der Waals surface area contributed by atoms with Crippen molar-refractivity contribution < 1.29 is 9.18 Å². The number of nitrogens with one attached hydrogen (secondary N) is 1. The summed E-state index contributed by atoms with van der Waals surface area (Å²) in [5.74, 6) is -0.284. The Morgan fingerprint density at radius 1 is 1.25 bits per heavy atom. The summed E-state index contributed by atoms with van der Waals surface area (Å²) in [5.41, 5.74) is 3.20. The maximum Gasteiger partial charge on any atom is 0.318 e. The molecule has 1 aliphatic carbocycles. The van der Waals surface area contributed by atoms with Crippen molar-refractivity contribution in [2.45, 2.75) is 31.3 Å². The van der Waals surface area contributed by atoms with Gasteiger partial charge in [-0.15, -0.1) is 0 Å². The number of benzene rings is 1. The largest absolute Gasteiger partial charge is 0.333 e. The van der Waals surface area contributed by atoms with Crippen LogP contribution in [0, 0.1) is 11.2 Å². The van der Waals surface area contributed by atoms with E-state index in [0.717, 1.165) is 36.2 Å². The predicted octanol–water partition coefficient (Wildman–Crippen LogP) is 4.04. The lowest BCUT2D eigenvalue weighted by molar-refractivity contribution is 0.173. The number of carbonyl (C=O) groups excluding carboxylic acids is 1. The maximum absolute atomic E-state index is 13.5. The van der Waals surface area contributed by atoms with Gasteiger partial charge in [0.15, 0.2) is 0 Å². The summed E-state index contributed by atoms with van der Waals surface area (Å²) in [5, 5.41) is 3.31. The Morgan fingerprint density at radius 3 is 2.57 bits per heavy atom. The van der Waals surface area contributed by atoms with Gasteiger partial charge in [-0.05, 0) is 55.2 Å². The molecule has 1 saturated carbocycles. The van der Waals surface area contributed by atoms with Crippen molar-refractivity contribution in [1.82, 2.24) is 15.1 Å². The third-order valence-electron chi connectivity index (χ3n) is 6.52. The van der Waals surface area contributed by atoms with E-state index >= 15 is 0 Å². The summed E-state index contributed by atoms with van der Waals surface area (Å²) in [6.07, 6.45) is 6.75. The van der Waals surface area contributed by atoms with Crippen LogP contribution in [0.2, 0.25) is 0 Å². The quantitative estimate of drug-likeness (QED) is 0.854. The van der Waals surface area contributed by atoms with E-state index in [1.807, 2.05) is 11.0 Å². The highest BCUT2D eigenvalue weighted by Crippen LogP contribution is 2.52. The average molecular weight is 381 g/mol. The first-order valence-corrected chi connectivity index (χ1v) is 9.96. The highest BCUT2D eigenvalue weighted by atomic mass is 19.1. The molecule has 2 amide bonds. The van der Waals surface area contributed by atoms with E-state index in [1.54, 1.807) is 18.2 Å². The summed E-state index contributed by atoms with van der Waals surface area (Å²) in [6.45, 7) is 10.4. The molecule has 0 bridgehead atoms. The van der Waals surface area contributed by atoms with Crippen molar-refractivity contribution >= 4 is 6.03 Å². The molecular weight excluding hydrogens is 353 g/mol. The molecule has 28 heavy (non-hydrogen) atoms. The van der Waals surface area contributed by atoms with Crippen LogP contribution in [0.5, 0.6) is 0 Å². The van der Waals surface area contributed by atoms with Crippen molar-refractivity contribution in [3.63, 3.8) is 0 Å². The molecule has 1 aromatic carbocycles. The molecule has 3 aliphatic rings. The molecule has 1 spiro atoms. The number of carbonyl (C=O) groups is 1. The van der Waals surface area contributed by atoms with Crippen LogP contribution in [0.1, 0.15) is 30.9 Å². The van der Waals surface area contributed by atoms with Gasteiger partial charge in [0.25, 0.3) is 0 Å². The van der Waals surface area contributed by atoms with Gasteiger partial charge in [-0.1, -0.05) is 37.4 Å². The number of likely N-dealkylation sites (tertiary alicyclic amines) is 1. The Kier molecular flexibility index (Phi) is 4.88. The molecule has 0 radical (unpaired) electrons. The lowest BCUT2D eigenvalue weighted by Gasteiger charge is -2.39. The van der Waals surface area contributed by atoms with Crippen molar-refractivity contribution in [1.29, 1.82) is 0 Å². The number of rotatable bonds is 4. The topological polar surface area (TPSA) is 35.6 Å². The molecule has 148 valence electrons. The second kappa shape index (κ2) is 7.21. The summed E-state index contributed by atoms with van der Waals surface area (Å²) in [7, 11) is 2.11. The van der Waals surface area contributed by atoms with E-state index in [1.165, 1.54) is 25.0 Å². The van der Waals surface area contributed by atoms with Crippen LogP contribution in [-0.4, -0.2) is 48.6 Å². The van der Waals surface area contributed by atoms with E-state index in [9.17, 15) is 9.18 Å². The first-order valence-electron chi connectivity index (χ1n) is 9.96. The Bertz CT molecular complexity index is 825. The minimum atomic E-state index is -0.284. The van der Waals surface area contributed by atoms with Crippen LogP contribution in [0.15, 0.2) is 60.7 Å². The highest BCUT2D eigenvalue weighted by Gasteiger charge is 2.55. The number of halogens is 1. The molecule has 1 N–H and O–H groups in total. The first-order chi connectivity index (χ1) is 13.5. The van der Waals surface area contributed by atoms with Crippen LogP contribution < -0.4 is 5.32 Å². The van der Waals surface area contributed by atoms with Gasteiger partial charge < -0.3 is 15.1 Å². The van der Waals surface area contributed by atoms with Crippen LogP contribution in [0.3, 0.4) is 0 Å². The monoisotopic (exact) mass is 381 g/mol. The van der Waals surface area contributed by atoms with Gasteiger partial charge in [0.05, 0.1) is 12.1 Å². The van der Waals surface area contributed by atoms with Crippen molar-refractivity contribution in [2.24, 2.45) is 5.41 Å².